The predicted octanol–water partition coefficient (Wildman–Crippen LogP) is 3.01. The SMILES string of the molecule is CC(Nc1ccc(C(=O)N2CCN(c3ncccn3)CC2)cn1)c1ccccc1. The predicted molar refractivity (Wildman–Crippen MR) is 113 cm³/mol. The molecule has 1 aliphatic heterocycles. The van der Waals surface area contributed by atoms with Gasteiger partial charge in [-0.1, -0.05) is 30.3 Å². The number of carbonyl (C=O) groups is 1. The molecule has 3 heterocycles. The minimum Gasteiger partial charge on any atom is -0.364 e. The molecule has 2 aromatic heterocycles. The Hall–Kier alpha value is -3.48. The quantitative estimate of drug-likeness (QED) is 0.724. The first kappa shape index (κ1) is 18.9. The average molecular weight is 388 g/mol. The Morgan fingerprint density at radius 1 is 0.931 bits per heavy atom. The first-order valence-electron chi connectivity index (χ1n) is 9.79. The van der Waals surface area contributed by atoms with Gasteiger partial charge < -0.3 is 15.1 Å². The third kappa shape index (κ3) is 4.51. The minimum absolute atomic E-state index is 0.00814. The molecule has 1 atom stereocenters. The molecule has 0 spiro atoms. The van der Waals surface area contributed by atoms with Crippen molar-refractivity contribution in [2.24, 2.45) is 0 Å². The lowest BCUT2D eigenvalue weighted by Gasteiger charge is -2.34. The summed E-state index contributed by atoms with van der Waals surface area (Å²) >= 11 is 0. The second-order valence-corrected chi connectivity index (χ2v) is 7.04. The molecule has 0 radical (unpaired) electrons. The van der Waals surface area contributed by atoms with Crippen molar-refractivity contribution < 1.29 is 4.79 Å². The summed E-state index contributed by atoms with van der Waals surface area (Å²) in [5.74, 6) is 1.47. The van der Waals surface area contributed by atoms with E-state index in [2.05, 4.69) is 44.2 Å². The second-order valence-electron chi connectivity index (χ2n) is 7.04. The smallest absolute Gasteiger partial charge is 0.255 e. The summed E-state index contributed by atoms with van der Waals surface area (Å²) in [4.78, 5) is 29.8. The summed E-state index contributed by atoms with van der Waals surface area (Å²) in [6, 6.07) is 15.8. The zero-order valence-corrected chi connectivity index (χ0v) is 16.4. The molecule has 0 aliphatic carbocycles. The van der Waals surface area contributed by atoms with Gasteiger partial charge in [-0.15, -0.1) is 0 Å². The number of nitrogens with zero attached hydrogens (tertiary/aromatic N) is 5. The summed E-state index contributed by atoms with van der Waals surface area (Å²) in [5, 5.41) is 3.37. The van der Waals surface area contributed by atoms with Crippen LogP contribution in [0.2, 0.25) is 0 Å². The van der Waals surface area contributed by atoms with Crippen LogP contribution in [0.5, 0.6) is 0 Å². The molecule has 1 N–H and O–H groups in total. The van der Waals surface area contributed by atoms with Crippen molar-refractivity contribution in [2.75, 3.05) is 36.4 Å². The van der Waals surface area contributed by atoms with Gasteiger partial charge in [0.25, 0.3) is 5.91 Å². The molecule has 3 aromatic rings. The van der Waals surface area contributed by atoms with Crippen LogP contribution < -0.4 is 10.2 Å². The van der Waals surface area contributed by atoms with Crippen LogP contribution in [-0.2, 0) is 0 Å². The molecule has 1 amide bonds. The van der Waals surface area contributed by atoms with E-state index in [9.17, 15) is 4.79 Å². The molecule has 0 saturated carbocycles. The topological polar surface area (TPSA) is 74.2 Å². The monoisotopic (exact) mass is 388 g/mol. The van der Waals surface area contributed by atoms with Crippen LogP contribution in [0.4, 0.5) is 11.8 Å². The van der Waals surface area contributed by atoms with Crippen molar-refractivity contribution in [1.82, 2.24) is 19.9 Å². The van der Waals surface area contributed by atoms with Crippen molar-refractivity contribution in [2.45, 2.75) is 13.0 Å². The zero-order valence-electron chi connectivity index (χ0n) is 16.4. The molecule has 0 bridgehead atoms. The Morgan fingerprint density at radius 2 is 1.66 bits per heavy atom. The van der Waals surface area contributed by atoms with E-state index in [1.54, 1.807) is 24.7 Å². The maximum atomic E-state index is 12.8. The van der Waals surface area contributed by atoms with E-state index in [1.165, 1.54) is 5.56 Å². The molecule has 1 aliphatic rings. The first-order chi connectivity index (χ1) is 14.2. The van der Waals surface area contributed by atoms with E-state index in [1.807, 2.05) is 35.2 Å². The molecule has 7 heteroatoms. The van der Waals surface area contributed by atoms with Crippen molar-refractivity contribution in [3.05, 3.63) is 78.2 Å². The van der Waals surface area contributed by atoms with E-state index in [0.29, 0.717) is 24.6 Å². The number of benzene rings is 1. The van der Waals surface area contributed by atoms with Crippen LogP contribution in [0.25, 0.3) is 0 Å². The molecule has 7 nitrogen and oxygen atoms in total. The van der Waals surface area contributed by atoms with Crippen LogP contribution in [-0.4, -0.2) is 51.9 Å². The third-order valence-electron chi connectivity index (χ3n) is 5.08. The normalized spacial score (nSPS) is 15.1. The second kappa shape index (κ2) is 8.68. The fraction of sp³-hybridized carbons (Fsp3) is 0.273. The van der Waals surface area contributed by atoms with E-state index in [0.717, 1.165) is 18.9 Å². The van der Waals surface area contributed by atoms with Gasteiger partial charge in [0.15, 0.2) is 0 Å². The van der Waals surface area contributed by atoms with E-state index >= 15 is 0 Å². The number of piperazine rings is 1. The summed E-state index contributed by atoms with van der Waals surface area (Å²) in [6.07, 6.45) is 5.12. The fourth-order valence-electron chi connectivity index (χ4n) is 3.40. The van der Waals surface area contributed by atoms with Gasteiger partial charge in [-0.25, -0.2) is 15.0 Å². The summed E-state index contributed by atoms with van der Waals surface area (Å²) < 4.78 is 0. The molecule has 1 saturated heterocycles. The molecular formula is C22H24N6O. The number of amides is 1. The van der Waals surface area contributed by atoms with Gasteiger partial charge in [-0.3, -0.25) is 4.79 Å². The maximum absolute atomic E-state index is 12.8. The molecule has 1 aromatic carbocycles. The van der Waals surface area contributed by atoms with Crippen LogP contribution in [0, 0.1) is 0 Å². The van der Waals surface area contributed by atoms with Crippen LogP contribution in [0.1, 0.15) is 28.9 Å². The molecule has 1 fully saturated rings. The number of aromatic nitrogens is 3. The van der Waals surface area contributed by atoms with Gasteiger partial charge in [0.05, 0.1) is 5.56 Å². The zero-order chi connectivity index (χ0) is 20.1. The summed E-state index contributed by atoms with van der Waals surface area (Å²) in [7, 11) is 0. The number of carbonyl (C=O) groups excluding carboxylic acids is 1. The number of hydrogen-bond acceptors (Lipinski definition) is 6. The Bertz CT molecular complexity index is 925. The lowest BCUT2D eigenvalue weighted by molar-refractivity contribution is 0.0746. The lowest BCUT2D eigenvalue weighted by Crippen LogP contribution is -2.49. The Morgan fingerprint density at radius 3 is 2.31 bits per heavy atom. The molecule has 4 rings (SSSR count). The van der Waals surface area contributed by atoms with Gasteiger partial charge >= 0.3 is 0 Å². The lowest BCUT2D eigenvalue weighted by atomic mass is 10.1. The van der Waals surface area contributed by atoms with Crippen molar-refractivity contribution in [3.63, 3.8) is 0 Å². The highest BCUT2D eigenvalue weighted by Crippen LogP contribution is 2.18. The number of hydrogen-bond donors (Lipinski definition) is 1. The third-order valence-corrected chi connectivity index (χ3v) is 5.08. The molecule has 148 valence electrons. The standard InChI is InChI=1S/C22H24N6O/c1-17(18-6-3-2-4-7-18)26-20-9-8-19(16-25-20)21(29)27-12-14-28(15-13-27)22-23-10-5-11-24-22/h2-11,16-17H,12-15H2,1H3,(H,25,26). The molecule has 29 heavy (non-hydrogen) atoms. The highest BCUT2D eigenvalue weighted by atomic mass is 16.2. The first-order valence-corrected chi connectivity index (χ1v) is 9.79. The van der Waals surface area contributed by atoms with Crippen LogP contribution >= 0.6 is 0 Å². The summed E-state index contributed by atoms with van der Waals surface area (Å²) in [6.45, 7) is 4.81. The van der Waals surface area contributed by atoms with Crippen molar-refractivity contribution in [1.29, 1.82) is 0 Å². The van der Waals surface area contributed by atoms with Crippen molar-refractivity contribution in [3.8, 4) is 0 Å². The van der Waals surface area contributed by atoms with Crippen molar-refractivity contribution >= 4 is 17.7 Å². The van der Waals surface area contributed by atoms with Gasteiger partial charge in [0, 0.05) is 50.8 Å². The maximum Gasteiger partial charge on any atom is 0.255 e. The fourth-order valence-corrected chi connectivity index (χ4v) is 3.40. The van der Waals surface area contributed by atoms with Gasteiger partial charge in [0.1, 0.15) is 5.82 Å². The highest BCUT2D eigenvalue weighted by Gasteiger charge is 2.23. The Kier molecular flexibility index (Phi) is 5.65. The molecular weight excluding hydrogens is 364 g/mol. The average Bonchev–Trinajstić information content (AvgIpc) is 2.80. The van der Waals surface area contributed by atoms with E-state index in [4.69, 9.17) is 0 Å². The minimum atomic E-state index is 0.00814. The largest absolute Gasteiger partial charge is 0.364 e. The van der Waals surface area contributed by atoms with Crippen LogP contribution in [0.3, 0.4) is 0 Å². The summed E-state index contributed by atoms with van der Waals surface area (Å²) in [5.41, 5.74) is 1.79. The number of anilines is 2. The van der Waals surface area contributed by atoms with Gasteiger partial charge in [-0.2, -0.15) is 0 Å². The van der Waals surface area contributed by atoms with E-state index in [-0.39, 0.29) is 11.9 Å². The van der Waals surface area contributed by atoms with Gasteiger partial charge in [-0.05, 0) is 30.7 Å². The number of nitrogens with one attached hydrogen (secondary N) is 1. The van der Waals surface area contributed by atoms with Gasteiger partial charge in [0.2, 0.25) is 5.95 Å². The van der Waals surface area contributed by atoms with E-state index < -0.39 is 0 Å². The Labute approximate surface area is 170 Å². The highest BCUT2D eigenvalue weighted by molar-refractivity contribution is 5.94. The molecule has 1 unspecified atom stereocenters. The number of rotatable bonds is 5. The Balaban J connectivity index is 1.34. The van der Waals surface area contributed by atoms with Crippen LogP contribution in [0.15, 0.2) is 67.1 Å². The number of pyridine rings is 1.